The van der Waals surface area contributed by atoms with E-state index in [1.807, 2.05) is 20.8 Å². The predicted octanol–water partition coefficient (Wildman–Crippen LogP) is 2.46. The molecule has 0 aromatic heterocycles. The molecule has 0 aromatic carbocycles. The molecule has 0 bridgehead atoms. The van der Waals surface area contributed by atoms with Gasteiger partial charge >= 0.3 is 12.1 Å². The number of hydrogen-bond acceptors (Lipinski definition) is 6. The van der Waals surface area contributed by atoms with E-state index in [2.05, 4.69) is 5.32 Å². The van der Waals surface area contributed by atoms with Crippen molar-refractivity contribution in [1.82, 2.24) is 10.4 Å². The highest BCUT2D eigenvalue weighted by Gasteiger charge is 2.32. The third kappa shape index (κ3) is 9.07. The molecule has 8 nitrogen and oxygen atoms in total. The molecular weight excluding hydrogens is 328 g/mol. The molecule has 1 aliphatic heterocycles. The zero-order chi connectivity index (χ0) is 18.9. The summed E-state index contributed by atoms with van der Waals surface area (Å²) in [7, 11) is 0. The van der Waals surface area contributed by atoms with Gasteiger partial charge in [-0.1, -0.05) is 19.3 Å². The molecule has 0 unspecified atom stereocenters. The Morgan fingerprint density at radius 2 is 1.56 bits per heavy atom. The van der Waals surface area contributed by atoms with Crippen molar-refractivity contribution < 1.29 is 28.8 Å². The molecule has 0 aromatic rings. The highest BCUT2D eigenvalue weighted by atomic mass is 16.7. The van der Waals surface area contributed by atoms with E-state index in [1.165, 1.54) is 0 Å². The first-order valence-electron chi connectivity index (χ1n) is 8.72. The summed E-state index contributed by atoms with van der Waals surface area (Å²) in [6.45, 7) is 5.99. The van der Waals surface area contributed by atoms with Gasteiger partial charge in [0.15, 0.2) is 0 Å². The van der Waals surface area contributed by atoms with Crippen molar-refractivity contribution in [2.45, 2.75) is 77.7 Å². The summed E-state index contributed by atoms with van der Waals surface area (Å²) >= 11 is 0. The molecule has 1 fully saturated rings. The van der Waals surface area contributed by atoms with Crippen LogP contribution in [0.1, 0.15) is 72.1 Å². The Morgan fingerprint density at radius 1 is 1.00 bits per heavy atom. The molecule has 1 N–H and O–H groups in total. The molecule has 0 spiro atoms. The lowest BCUT2D eigenvalue weighted by Crippen LogP contribution is -2.32. The van der Waals surface area contributed by atoms with Crippen LogP contribution in [0.5, 0.6) is 0 Å². The molecule has 0 atom stereocenters. The summed E-state index contributed by atoms with van der Waals surface area (Å²) in [6.07, 6.45) is 4.11. The number of carbonyl (C=O) groups is 4. The summed E-state index contributed by atoms with van der Waals surface area (Å²) in [5.41, 5.74) is -0.497. The zero-order valence-electron chi connectivity index (χ0n) is 15.3. The van der Waals surface area contributed by atoms with Gasteiger partial charge in [-0.15, -0.1) is 5.06 Å². The number of amides is 3. The highest BCUT2D eigenvalue weighted by Crippen LogP contribution is 2.14. The van der Waals surface area contributed by atoms with Crippen LogP contribution in [0.2, 0.25) is 0 Å². The van der Waals surface area contributed by atoms with Gasteiger partial charge in [0.05, 0.1) is 0 Å². The minimum absolute atomic E-state index is 0.101. The van der Waals surface area contributed by atoms with Gasteiger partial charge in [-0.2, -0.15) is 0 Å². The number of alkyl carbamates (subject to hydrolysis) is 1. The van der Waals surface area contributed by atoms with E-state index in [1.54, 1.807) is 0 Å². The van der Waals surface area contributed by atoms with E-state index < -0.39 is 29.5 Å². The van der Waals surface area contributed by atoms with Gasteiger partial charge in [-0.25, -0.2) is 9.59 Å². The molecule has 1 saturated heterocycles. The van der Waals surface area contributed by atoms with Gasteiger partial charge in [0.2, 0.25) is 0 Å². The Labute approximate surface area is 148 Å². The molecule has 0 saturated carbocycles. The smallest absolute Gasteiger partial charge is 0.407 e. The van der Waals surface area contributed by atoms with Gasteiger partial charge < -0.3 is 14.9 Å². The van der Waals surface area contributed by atoms with E-state index >= 15 is 0 Å². The van der Waals surface area contributed by atoms with Crippen LogP contribution in [-0.4, -0.2) is 41.1 Å². The third-order valence-corrected chi connectivity index (χ3v) is 3.42. The Balaban J connectivity index is 1.98. The van der Waals surface area contributed by atoms with E-state index in [0.29, 0.717) is 18.0 Å². The Morgan fingerprint density at radius 3 is 2.16 bits per heavy atom. The average molecular weight is 356 g/mol. The first-order chi connectivity index (χ1) is 11.7. The third-order valence-electron chi connectivity index (χ3n) is 3.42. The fourth-order valence-corrected chi connectivity index (χ4v) is 2.23. The van der Waals surface area contributed by atoms with Gasteiger partial charge in [0, 0.05) is 25.8 Å². The van der Waals surface area contributed by atoms with Crippen LogP contribution in [0.3, 0.4) is 0 Å². The normalized spacial score (nSPS) is 14.6. The average Bonchev–Trinajstić information content (AvgIpc) is 2.80. The fourth-order valence-electron chi connectivity index (χ4n) is 2.23. The topological polar surface area (TPSA) is 102 Å². The zero-order valence-corrected chi connectivity index (χ0v) is 15.3. The molecule has 142 valence electrons. The molecule has 1 aliphatic rings. The quantitative estimate of drug-likeness (QED) is 0.503. The fraction of sp³-hybridized carbons (Fsp3) is 0.765. The first-order valence-corrected chi connectivity index (χ1v) is 8.72. The van der Waals surface area contributed by atoms with E-state index in [0.717, 1.165) is 25.7 Å². The molecule has 1 rings (SSSR count). The lowest BCUT2D eigenvalue weighted by Gasteiger charge is -2.19. The van der Waals surface area contributed by atoms with Crippen LogP contribution in [-0.2, 0) is 24.0 Å². The SMILES string of the molecule is CC(C)(C)OC(=O)NCCCCCCCC(=O)ON1C(=O)CCC1=O. The lowest BCUT2D eigenvalue weighted by atomic mass is 10.1. The monoisotopic (exact) mass is 356 g/mol. The first kappa shape index (κ1) is 20.9. The number of hydrogen-bond donors (Lipinski definition) is 1. The van der Waals surface area contributed by atoms with Gasteiger partial charge in [0.1, 0.15) is 5.60 Å². The highest BCUT2D eigenvalue weighted by molar-refractivity contribution is 6.01. The standard InChI is InChI=1S/C17H28N2O6/c1-17(2,3)24-16(23)18-12-8-6-4-5-7-9-15(22)25-19-13(20)10-11-14(19)21/h4-12H2,1-3H3,(H,18,23). The van der Waals surface area contributed by atoms with Gasteiger partial charge in [-0.05, 0) is 33.6 Å². The minimum Gasteiger partial charge on any atom is -0.444 e. The lowest BCUT2D eigenvalue weighted by molar-refractivity contribution is -0.197. The van der Waals surface area contributed by atoms with Crippen molar-refractivity contribution in [3.8, 4) is 0 Å². The van der Waals surface area contributed by atoms with Crippen molar-refractivity contribution in [1.29, 1.82) is 0 Å². The number of nitrogens with one attached hydrogen (secondary N) is 1. The summed E-state index contributed by atoms with van der Waals surface area (Å²) in [4.78, 5) is 50.4. The second kappa shape index (κ2) is 10.0. The van der Waals surface area contributed by atoms with Crippen LogP contribution in [0.25, 0.3) is 0 Å². The summed E-state index contributed by atoms with van der Waals surface area (Å²) < 4.78 is 5.13. The second-order valence-corrected chi connectivity index (χ2v) is 6.99. The van der Waals surface area contributed by atoms with Gasteiger partial charge in [-0.3, -0.25) is 9.59 Å². The number of imide groups is 1. The number of ether oxygens (including phenoxy) is 1. The second-order valence-electron chi connectivity index (χ2n) is 6.99. The summed E-state index contributed by atoms with van der Waals surface area (Å²) in [5.74, 6) is -1.48. The van der Waals surface area contributed by atoms with E-state index in [9.17, 15) is 19.2 Å². The number of carbonyl (C=O) groups excluding carboxylic acids is 4. The molecular formula is C17H28N2O6. The molecule has 1 heterocycles. The number of rotatable bonds is 9. The summed E-state index contributed by atoms with van der Waals surface area (Å²) in [5, 5.41) is 3.27. The molecule has 8 heteroatoms. The van der Waals surface area contributed by atoms with Crippen LogP contribution < -0.4 is 5.32 Å². The van der Waals surface area contributed by atoms with Crippen LogP contribution in [0.15, 0.2) is 0 Å². The van der Waals surface area contributed by atoms with Crippen LogP contribution in [0, 0.1) is 0 Å². The van der Waals surface area contributed by atoms with E-state index in [4.69, 9.17) is 9.57 Å². The maximum atomic E-state index is 11.6. The molecule has 25 heavy (non-hydrogen) atoms. The molecule has 0 aliphatic carbocycles. The molecule has 3 amide bonds. The number of nitrogens with zero attached hydrogens (tertiary/aromatic N) is 1. The van der Waals surface area contributed by atoms with Crippen LogP contribution in [0.4, 0.5) is 4.79 Å². The van der Waals surface area contributed by atoms with Gasteiger partial charge in [0.25, 0.3) is 11.8 Å². The summed E-state index contributed by atoms with van der Waals surface area (Å²) in [6, 6.07) is 0. The number of hydroxylamine groups is 2. The predicted molar refractivity (Wildman–Crippen MR) is 89.1 cm³/mol. The minimum atomic E-state index is -0.560. The van der Waals surface area contributed by atoms with Crippen molar-refractivity contribution in [3.05, 3.63) is 0 Å². The molecule has 0 radical (unpaired) electrons. The number of unbranched alkanes of at least 4 members (excludes halogenated alkanes) is 4. The maximum absolute atomic E-state index is 11.6. The Hall–Kier alpha value is -2.12. The van der Waals surface area contributed by atoms with Crippen molar-refractivity contribution in [2.75, 3.05) is 6.54 Å². The van der Waals surface area contributed by atoms with Crippen molar-refractivity contribution in [3.63, 3.8) is 0 Å². The van der Waals surface area contributed by atoms with Crippen molar-refractivity contribution >= 4 is 23.9 Å². The Bertz CT molecular complexity index is 482. The largest absolute Gasteiger partial charge is 0.444 e. The van der Waals surface area contributed by atoms with Crippen LogP contribution >= 0.6 is 0 Å². The van der Waals surface area contributed by atoms with Crippen molar-refractivity contribution in [2.24, 2.45) is 0 Å². The Kier molecular flexibility index (Phi) is 8.37. The maximum Gasteiger partial charge on any atom is 0.407 e. The van der Waals surface area contributed by atoms with E-state index in [-0.39, 0.29) is 19.3 Å².